The van der Waals surface area contributed by atoms with Gasteiger partial charge in [-0.05, 0) is 18.1 Å². The maximum Gasteiger partial charge on any atom is 0.327 e. The largest absolute Gasteiger partial charge is 0.465 e. The zero-order valence-electron chi connectivity index (χ0n) is 13.9. The van der Waals surface area contributed by atoms with Crippen molar-refractivity contribution < 1.29 is 14.3 Å². The van der Waals surface area contributed by atoms with Gasteiger partial charge in [-0.15, -0.1) is 0 Å². The number of rotatable bonds is 5. The number of nitrogens with zero attached hydrogens (tertiary/aromatic N) is 1. The first-order chi connectivity index (χ1) is 12.2. The molecular weight excluding hydrogens is 318 g/mol. The number of benzene rings is 2. The molecule has 0 saturated carbocycles. The van der Waals surface area contributed by atoms with Gasteiger partial charge >= 0.3 is 5.97 Å². The Kier molecular flexibility index (Phi) is 4.79. The van der Waals surface area contributed by atoms with Crippen molar-refractivity contribution in [3.05, 3.63) is 71.8 Å². The predicted octanol–water partition coefficient (Wildman–Crippen LogP) is 1.57. The van der Waals surface area contributed by atoms with Gasteiger partial charge in [-0.3, -0.25) is 14.9 Å². The number of esters is 1. The number of aliphatic imine (C=N–C) groups is 1. The molecule has 2 aromatic carbocycles. The Morgan fingerprint density at radius 3 is 2.12 bits per heavy atom. The van der Waals surface area contributed by atoms with Crippen molar-refractivity contribution in [2.45, 2.75) is 12.5 Å². The van der Waals surface area contributed by atoms with E-state index in [-0.39, 0.29) is 18.4 Å². The SMILES string of the molecule is CCOC(=O)CN=C1NC(=O)C(c2ccccc2)(c2ccccc2)N1. The third-order valence-corrected chi connectivity index (χ3v) is 3.96. The summed E-state index contributed by atoms with van der Waals surface area (Å²) < 4.78 is 4.86. The Morgan fingerprint density at radius 2 is 1.60 bits per heavy atom. The molecule has 3 rings (SSSR count). The summed E-state index contributed by atoms with van der Waals surface area (Å²) >= 11 is 0. The van der Waals surface area contributed by atoms with Crippen LogP contribution in [0.1, 0.15) is 18.1 Å². The summed E-state index contributed by atoms with van der Waals surface area (Å²) in [5, 5.41) is 5.90. The topological polar surface area (TPSA) is 79.8 Å². The molecule has 0 aliphatic carbocycles. The number of hydrogen-bond donors (Lipinski definition) is 2. The average molecular weight is 337 g/mol. The molecule has 1 saturated heterocycles. The lowest BCUT2D eigenvalue weighted by Gasteiger charge is -2.27. The number of carbonyl (C=O) groups is 2. The molecule has 0 aromatic heterocycles. The van der Waals surface area contributed by atoms with Gasteiger partial charge in [0.25, 0.3) is 5.91 Å². The van der Waals surface area contributed by atoms with Gasteiger partial charge in [0, 0.05) is 0 Å². The predicted molar refractivity (Wildman–Crippen MR) is 93.9 cm³/mol. The van der Waals surface area contributed by atoms with Gasteiger partial charge in [-0.1, -0.05) is 60.7 Å². The third-order valence-electron chi connectivity index (χ3n) is 3.96. The number of carbonyl (C=O) groups excluding carboxylic acids is 2. The minimum Gasteiger partial charge on any atom is -0.465 e. The second-order valence-electron chi connectivity index (χ2n) is 5.53. The Bertz CT molecular complexity index is 749. The zero-order valence-corrected chi connectivity index (χ0v) is 13.9. The second-order valence-corrected chi connectivity index (χ2v) is 5.53. The molecule has 0 spiro atoms. The first kappa shape index (κ1) is 16.7. The second kappa shape index (κ2) is 7.17. The fourth-order valence-corrected chi connectivity index (χ4v) is 2.85. The van der Waals surface area contributed by atoms with Crippen LogP contribution in [0.3, 0.4) is 0 Å². The summed E-state index contributed by atoms with van der Waals surface area (Å²) in [5.74, 6) is -0.429. The molecule has 128 valence electrons. The Balaban J connectivity index is 1.98. The summed E-state index contributed by atoms with van der Waals surface area (Å²) in [7, 11) is 0. The molecule has 1 fully saturated rings. The fourth-order valence-electron chi connectivity index (χ4n) is 2.85. The van der Waals surface area contributed by atoms with E-state index in [9.17, 15) is 9.59 Å². The summed E-state index contributed by atoms with van der Waals surface area (Å²) in [6, 6.07) is 18.8. The van der Waals surface area contributed by atoms with E-state index in [4.69, 9.17) is 4.74 Å². The van der Waals surface area contributed by atoms with Crippen molar-refractivity contribution in [3.63, 3.8) is 0 Å². The maximum atomic E-state index is 12.9. The van der Waals surface area contributed by atoms with Crippen LogP contribution in [-0.2, 0) is 19.9 Å². The number of guanidine groups is 1. The molecule has 0 atom stereocenters. The van der Waals surface area contributed by atoms with E-state index < -0.39 is 11.5 Å². The molecule has 6 heteroatoms. The monoisotopic (exact) mass is 337 g/mol. The van der Waals surface area contributed by atoms with Crippen LogP contribution in [0.25, 0.3) is 0 Å². The quantitative estimate of drug-likeness (QED) is 0.812. The van der Waals surface area contributed by atoms with E-state index in [1.807, 2.05) is 60.7 Å². The van der Waals surface area contributed by atoms with Gasteiger partial charge in [0.15, 0.2) is 11.5 Å². The molecule has 2 aromatic rings. The van der Waals surface area contributed by atoms with Crippen molar-refractivity contribution in [1.29, 1.82) is 0 Å². The van der Waals surface area contributed by atoms with Gasteiger partial charge in [-0.25, -0.2) is 4.99 Å². The van der Waals surface area contributed by atoms with Crippen LogP contribution < -0.4 is 10.6 Å². The van der Waals surface area contributed by atoms with E-state index in [0.29, 0.717) is 6.61 Å². The molecule has 6 nitrogen and oxygen atoms in total. The molecule has 1 aliphatic heterocycles. The standard InChI is InChI=1S/C19H19N3O3/c1-2-25-16(23)13-20-18-21-17(24)19(22-18,14-9-5-3-6-10-14)15-11-7-4-8-12-15/h3-12H,2,13H2,1H3,(H2,20,21,22,24). The third kappa shape index (κ3) is 3.24. The Labute approximate surface area is 145 Å². The molecule has 2 N–H and O–H groups in total. The minimum absolute atomic E-state index is 0.157. The number of nitrogens with one attached hydrogen (secondary N) is 2. The van der Waals surface area contributed by atoms with Gasteiger partial charge in [-0.2, -0.15) is 0 Å². The van der Waals surface area contributed by atoms with E-state index in [1.165, 1.54) is 0 Å². The van der Waals surface area contributed by atoms with Crippen molar-refractivity contribution in [2.24, 2.45) is 4.99 Å². The molecule has 1 heterocycles. The van der Waals surface area contributed by atoms with Crippen molar-refractivity contribution in [2.75, 3.05) is 13.2 Å². The van der Waals surface area contributed by atoms with Crippen LogP contribution in [0.2, 0.25) is 0 Å². The summed E-state index contributed by atoms with van der Waals surface area (Å²) in [6.07, 6.45) is 0. The smallest absolute Gasteiger partial charge is 0.327 e. The van der Waals surface area contributed by atoms with Crippen LogP contribution in [0.4, 0.5) is 0 Å². The first-order valence-corrected chi connectivity index (χ1v) is 8.07. The first-order valence-electron chi connectivity index (χ1n) is 8.07. The highest BCUT2D eigenvalue weighted by molar-refractivity contribution is 6.11. The molecule has 1 amide bonds. The van der Waals surface area contributed by atoms with Gasteiger partial charge in [0.1, 0.15) is 6.54 Å². The van der Waals surface area contributed by atoms with Crippen LogP contribution in [0.15, 0.2) is 65.7 Å². The van der Waals surface area contributed by atoms with Crippen molar-refractivity contribution in [3.8, 4) is 0 Å². The van der Waals surface area contributed by atoms with E-state index in [2.05, 4.69) is 15.6 Å². The lowest BCUT2D eigenvalue weighted by Crippen LogP contribution is -2.45. The summed E-state index contributed by atoms with van der Waals surface area (Å²) in [5.41, 5.74) is 0.496. The molecule has 0 radical (unpaired) electrons. The normalized spacial score (nSPS) is 17.0. The highest BCUT2D eigenvalue weighted by Gasteiger charge is 2.48. The Morgan fingerprint density at radius 1 is 1.04 bits per heavy atom. The molecule has 0 unspecified atom stereocenters. The van der Waals surface area contributed by atoms with Gasteiger partial charge in [0.2, 0.25) is 0 Å². The van der Waals surface area contributed by atoms with Crippen molar-refractivity contribution in [1.82, 2.24) is 10.6 Å². The molecular formula is C19H19N3O3. The Hall–Kier alpha value is -3.15. The summed E-state index contributed by atoms with van der Waals surface area (Å²) in [6.45, 7) is 1.87. The number of ether oxygens (including phenoxy) is 1. The molecule has 0 bridgehead atoms. The summed E-state index contributed by atoms with van der Waals surface area (Å²) in [4.78, 5) is 28.6. The van der Waals surface area contributed by atoms with Gasteiger partial charge < -0.3 is 10.1 Å². The van der Waals surface area contributed by atoms with Crippen LogP contribution >= 0.6 is 0 Å². The zero-order chi connectivity index (χ0) is 17.7. The van der Waals surface area contributed by atoms with Crippen LogP contribution in [-0.4, -0.2) is 31.0 Å². The number of amides is 1. The minimum atomic E-state index is -1.09. The lowest BCUT2D eigenvalue weighted by molar-refractivity contribution is -0.141. The lowest BCUT2D eigenvalue weighted by atomic mass is 9.83. The van der Waals surface area contributed by atoms with Crippen molar-refractivity contribution >= 4 is 17.8 Å². The molecule has 1 aliphatic rings. The maximum absolute atomic E-state index is 12.9. The van der Waals surface area contributed by atoms with E-state index in [1.54, 1.807) is 6.92 Å². The highest BCUT2D eigenvalue weighted by Crippen LogP contribution is 2.32. The molecule has 25 heavy (non-hydrogen) atoms. The van der Waals surface area contributed by atoms with Crippen LogP contribution in [0, 0.1) is 0 Å². The fraction of sp³-hybridized carbons (Fsp3) is 0.211. The van der Waals surface area contributed by atoms with E-state index >= 15 is 0 Å². The van der Waals surface area contributed by atoms with Crippen LogP contribution in [0.5, 0.6) is 0 Å². The average Bonchev–Trinajstić information content (AvgIpc) is 2.99. The van der Waals surface area contributed by atoms with E-state index in [0.717, 1.165) is 11.1 Å². The van der Waals surface area contributed by atoms with Gasteiger partial charge in [0.05, 0.1) is 6.61 Å². The number of hydrogen-bond acceptors (Lipinski definition) is 4. The highest BCUT2D eigenvalue weighted by atomic mass is 16.5.